The Morgan fingerprint density at radius 1 is 1.55 bits per heavy atom. The Hall–Kier alpha value is -1.81. The number of hydrogen-bond donors (Lipinski definition) is 2. The van der Waals surface area contributed by atoms with E-state index in [9.17, 15) is 14.7 Å². The van der Waals surface area contributed by atoms with Crippen LogP contribution in [-0.4, -0.2) is 53.8 Å². The molecule has 2 atom stereocenters. The minimum absolute atomic E-state index is 0.0922. The molecule has 2 rings (SSSR count). The Bertz CT molecular complexity index is 443. The van der Waals surface area contributed by atoms with Crippen LogP contribution in [-0.2, 0) is 9.53 Å². The van der Waals surface area contributed by atoms with Crippen molar-refractivity contribution in [2.45, 2.75) is 38.3 Å². The topological polar surface area (TPSA) is 103 Å². The first-order valence-electron chi connectivity index (χ1n) is 6.74. The second kappa shape index (κ2) is 5.67. The molecule has 7 heteroatoms. The summed E-state index contributed by atoms with van der Waals surface area (Å²) in [6.07, 6.45) is 2.16. The smallest absolute Gasteiger partial charge is 0.318 e. The number of rotatable bonds is 5. The van der Waals surface area contributed by atoms with Gasteiger partial charge in [0, 0.05) is 12.6 Å². The Labute approximate surface area is 117 Å². The van der Waals surface area contributed by atoms with Crippen molar-refractivity contribution >= 4 is 12.0 Å². The molecule has 0 aromatic heterocycles. The van der Waals surface area contributed by atoms with Crippen LogP contribution in [0.4, 0.5) is 4.79 Å². The van der Waals surface area contributed by atoms with Gasteiger partial charge in [0.05, 0.1) is 31.7 Å². The number of hydrogen-bond acceptors (Lipinski definition) is 4. The monoisotopic (exact) mass is 281 g/mol. The first-order valence-corrected chi connectivity index (χ1v) is 6.74. The highest BCUT2D eigenvalue weighted by molar-refractivity contribution is 5.79. The normalized spacial score (nSPS) is 28.7. The highest BCUT2D eigenvalue weighted by Crippen LogP contribution is 2.30. The molecule has 1 saturated carbocycles. The average Bonchev–Trinajstić information content (AvgIpc) is 3.16. The van der Waals surface area contributed by atoms with E-state index in [4.69, 9.17) is 10.00 Å². The molecule has 1 heterocycles. The summed E-state index contributed by atoms with van der Waals surface area (Å²) in [5, 5.41) is 20.7. The zero-order valence-electron chi connectivity index (χ0n) is 11.5. The predicted molar refractivity (Wildman–Crippen MR) is 68.8 cm³/mol. The second-order valence-electron chi connectivity index (χ2n) is 5.57. The molecule has 20 heavy (non-hydrogen) atoms. The van der Waals surface area contributed by atoms with Crippen LogP contribution >= 0.6 is 0 Å². The second-order valence-corrected chi connectivity index (χ2v) is 5.57. The van der Waals surface area contributed by atoms with Gasteiger partial charge in [0.25, 0.3) is 0 Å². The fourth-order valence-corrected chi connectivity index (χ4v) is 2.32. The first-order chi connectivity index (χ1) is 9.49. The van der Waals surface area contributed by atoms with Crippen molar-refractivity contribution in [2.75, 3.05) is 19.8 Å². The van der Waals surface area contributed by atoms with Gasteiger partial charge >= 0.3 is 12.0 Å². The van der Waals surface area contributed by atoms with Crippen LogP contribution in [0.5, 0.6) is 0 Å². The molecule has 0 radical (unpaired) electrons. The Morgan fingerprint density at radius 2 is 2.25 bits per heavy atom. The van der Waals surface area contributed by atoms with Crippen LogP contribution in [0.25, 0.3) is 0 Å². The van der Waals surface area contributed by atoms with Gasteiger partial charge in [-0.1, -0.05) is 0 Å². The predicted octanol–water partition coefficient (Wildman–Crippen LogP) is 0.564. The van der Waals surface area contributed by atoms with Crippen LogP contribution < -0.4 is 5.32 Å². The summed E-state index contributed by atoms with van der Waals surface area (Å²) in [4.78, 5) is 25.2. The molecule has 0 bridgehead atoms. The number of aliphatic carboxylic acids is 1. The lowest BCUT2D eigenvalue weighted by Gasteiger charge is -2.29. The summed E-state index contributed by atoms with van der Waals surface area (Å²) < 4.78 is 5.21. The van der Waals surface area contributed by atoms with E-state index >= 15 is 0 Å². The molecule has 2 N–H and O–H groups in total. The van der Waals surface area contributed by atoms with Gasteiger partial charge in [-0.25, -0.2) is 4.79 Å². The van der Waals surface area contributed by atoms with E-state index in [0.29, 0.717) is 6.54 Å². The number of carboxylic acid groups (broad SMARTS) is 1. The molecule has 2 unspecified atom stereocenters. The van der Waals surface area contributed by atoms with E-state index in [1.807, 2.05) is 6.07 Å². The number of amides is 2. The molecule has 2 fully saturated rings. The summed E-state index contributed by atoms with van der Waals surface area (Å²) in [6.45, 7) is 2.24. The molecular formula is C13H19N3O4. The third kappa shape index (κ3) is 2.85. The summed E-state index contributed by atoms with van der Waals surface area (Å²) in [5.41, 5.74) is -1.10. The molecule has 1 saturated heterocycles. The van der Waals surface area contributed by atoms with Gasteiger partial charge in [0.15, 0.2) is 0 Å². The van der Waals surface area contributed by atoms with E-state index in [0.717, 1.165) is 12.8 Å². The van der Waals surface area contributed by atoms with Crippen molar-refractivity contribution in [1.82, 2.24) is 10.2 Å². The number of nitrogens with zero attached hydrogens (tertiary/aromatic N) is 2. The van der Waals surface area contributed by atoms with Crippen molar-refractivity contribution < 1.29 is 19.4 Å². The van der Waals surface area contributed by atoms with E-state index < -0.39 is 17.4 Å². The van der Waals surface area contributed by atoms with Crippen molar-refractivity contribution in [1.29, 1.82) is 5.26 Å². The molecule has 0 aromatic rings. The number of carbonyl (C=O) groups is 2. The van der Waals surface area contributed by atoms with Crippen molar-refractivity contribution in [2.24, 2.45) is 5.41 Å². The number of nitrogens with one attached hydrogen (secondary N) is 1. The maximum absolute atomic E-state index is 12.3. The SMILES string of the molecule is CC1(C(=O)O)COCC1NC(=O)N(CCC#N)C1CC1. The van der Waals surface area contributed by atoms with Crippen LogP contribution in [0.1, 0.15) is 26.2 Å². The van der Waals surface area contributed by atoms with Crippen LogP contribution in [0.2, 0.25) is 0 Å². The summed E-state index contributed by atoms with van der Waals surface area (Å²) in [5.74, 6) is -0.977. The van der Waals surface area contributed by atoms with Crippen molar-refractivity contribution in [3.8, 4) is 6.07 Å². The van der Waals surface area contributed by atoms with Crippen molar-refractivity contribution in [3.63, 3.8) is 0 Å². The van der Waals surface area contributed by atoms with Crippen molar-refractivity contribution in [3.05, 3.63) is 0 Å². The summed E-state index contributed by atoms with van der Waals surface area (Å²) in [6, 6.07) is 1.36. The van der Waals surface area contributed by atoms with Crippen LogP contribution in [0.3, 0.4) is 0 Å². The first kappa shape index (κ1) is 14.6. The fourth-order valence-electron chi connectivity index (χ4n) is 2.32. The minimum Gasteiger partial charge on any atom is -0.481 e. The Morgan fingerprint density at radius 3 is 2.80 bits per heavy atom. The summed E-state index contributed by atoms with van der Waals surface area (Å²) >= 11 is 0. The average molecular weight is 281 g/mol. The Balaban J connectivity index is 1.99. The molecule has 1 aliphatic carbocycles. The fraction of sp³-hybridized carbons (Fsp3) is 0.769. The zero-order chi connectivity index (χ0) is 14.8. The number of carbonyl (C=O) groups excluding carboxylic acids is 1. The molecule has 0 aromatic carbocycles. The zero-order valence-corrected chi connectivity index (χ0v) is 11.5. The maximum Gasteiger partial charge on any atom is 0.318 e. The minimum atomic E-state index is -1.10. The lowest BCUT2D eigenvalue weighted by atomic mass is 9.85. The van der Waals surface area contributed by atoms with E-state index in [-0.39, 0.29) is 31.7 Å². The van der Waals surface area contributed by atoms with Gasteiger partial charge < -0.3 is 20.1 Å². The molecule has 110 valence electrons. The van der Waals surface area contributed by atoms with Crippen LogP contribution in [0, 0.1) is 16.7 Å². The summed E-state index contributed by atoms with van der Waals surface area (Å²) in [7, 11) is 0. The number of urea groups is 1. The quantitative estimate of drug-likeness (QED) is 0.766. The standard InChI is InChI=1S/C13H19N3O4/c1-13(11(17)18)8-20-7-10(13)15-12(19)16(6-2-5-14)9-3-4-9/h9-10H,2-4,6-8H2,1H3,(H,15,19)(H,17,18). The maximum atomic E-state index is 12.3. The van der Waals surface area contributed by atoms with Crippen LogP contribution in [0.15, 0.2) is 0 Å². The van der Waals surface area contributed by atoms with Gasteiger partial charge in [-0.05, 0) is 19.8 Å². The van der Waals surface area contributed by atoms with Gasteiger partial charge in [-0.3, -0.25) is 4.79 Å². The molecule has 1 aliphatic heterocycles. The highest BCUT2D eigenvalue weighted by atomic mass is 16.5. The van der Waals surface area contributed by atoms with E-state index in [1.54, 1.807) is 11.8 Å². The van der Waals surface area contributed by atoms with E-state index in [1.165, 1.54) is 0 Å². The molecule has 2 aliphatic rings. The molecule has 0 spiro atoms. The van der Waals surface area contributed by atoms with Gasteiger partial charge in [-0.15, -0.1) is 0 Å². The van der Waals surface area contributed by atoms with Gasteiger partial charge in [-0.2, -0.15) is 5.26 Å². The largest absolute Gasteiger partial charge is 0.481 e. The third-order valence-corrected chi connectivity index (χ3v) is 3.95. The van der Waals surface area contributed by atoms with Gasteiger partial charge in [0.1, 0.15) is 5.41 Å². The lowest BCUT2D eigenvalue weighted by Crippen LogP contribution is -2.54. The van der Waals surface area contributed by atoms with Gasteiger partial charge in [0.2, 0.25) is 0 Å². The number of nitriles is 1. The number of carboxylic acids is 1. The molecule has 7 nitrogen and oxygen atoms in total. The lowest BCUT2D eigenvalue weighted by molar-refractivity contribution is -0.148. The Kier molecular flexibility index (Phi) is 4.14. The van der Waals surface area contributed by atoms with E-state index in [2.05, 4.69) is 5.32 Å². The number of ether oxygens (including phenoxy) is 1. The molecular weight excluding hydrogens is 262 g/mol. The highest BCUT2D eigenvalue weighted by Gasteiger charge is 2.48. The third-order valence-electron chi connectivity index (χ3n) is 3.95. The molecule has 2 amide bonds.